The largest absolute Gasteiger partial charge is 0.352 e. The number of nitrogens with one attached hydrogen (secondary N) is 1. The van der Waals surface area contributed by atoms with E-state index in [0.717, 1.165) is 4.90 Å². The molecule has 2 rings (SSSR count). The monoisotopic (exact) mass is 264 g/mol. The molecule has 1 N–H and O–H groups in total. The number of aromatic nitrogens is 1. The maximum absolute atomic E-state index is 11.7. The summed E-state index contributed by atoms with van der Waals surface area (Å²) in [7, 11) is 1.38. The van der Waals surface area contributed by atoms with Crippen molar-refractivity contribution < 1.29 is 14.5 Å². The lowest BCUT2D eigenvalue weighted by Gasteiger charge is -2.12. The van der Waals surface area contributed by atoms with E-state index in [-0.39, 0.29) is 23.8 Å². The number of amides is 2. The van der Waals surface area contributed by atoms with Gasteiger partial charge in [0.1, 0.15) is 6.04 Å². The molecule has 2 heterocycles. The van der Waals surface area contributed by atoms with Crippen molar-refractivity contribution in [3.63, 3.8) is 0 Å². The van der Waals surface area contributed by atoms with Crippen molar-refractivity contribution in [3.05, 3.63) is 27.9 Å². The van der Waals surface area contributed by atoms with Crippen molar-refractivity contribution in [1.82, 2.24) is 9.88 Å². The molecule has 100 valence electrons. The Labute approximate surface area is 108 Å². The van der Waals surface area contributed by atoms with E-state index in [2.05, 4.69) is 10.3 Å². The number of nitrogens with zero attached hydrogens (tertiary/aromatic N) is 3. The molecule has 1 aromatic heterocycles. The second-order valence-electron chi connectivity index (χ2n) is 4.27. The van der Waals surface area contributed by atoms with Gasteiger partial charge in [0.2, 0.25) is 11.7 Å². The number of carbonyl (C=O) groups excluding carboxylic acids is 2. The number of hydrogen-bond donors (Lipinski definition) is 1. The van der Waals surface area contributed by atoms with Crippen molar-refractivity contribution in [2.24, 2.45) is 0 Å². The molecule has 1 saturated heterocycles. The summed E-state index contributed by atoms with van der Waals surface area (Å²) < 4.78 is 0. The number of pyridine rings is 1. The first-order valence-electron chi connectivity index (χ1n) is 5.59. The van der Waals surface area contributed by atoms with E-state index in [4.69, 9.17) is 0 Å². The van der Waals surface area contributed by atoms with E-state index in [1.807, 2.05) is 0 Å². The topological polar surface area (TPSA) is 105 Å². The highest BCUT2D eigenvalue weighted by Gasteiger charge is 2.37. The first-order valence-corrected chi connectivity index (χ1v) is 5.59. The number of hydrogen-bond acceptors (Lipinski definition) is 6. The van der Waals surface area contributed by atoms with Crippen molar-refractivity contribution >= 4 is 23.3 Å². The average Bonchev–Trinajstić information content (AvgIpc) is 2.57. The van der Waals surface area contributed by atoms with E-state index < -0.39 is 16.9 Å². The molecule has 0 aliphatic carbocycles. The molecule has 0 radical (unpaired) electrons. The van der Waals surface area contributed by atoms with Crippen LogP contribution in [0.15, 0.2) is 12.1 Å². The van der Waals surface area contributed by atoms with Gasteiger partial charge >= 0.3 is 5.69 Å². The minimum atomic E-state index is -0.800. The van der Waals surface area contributed by atoms with Crippen molar-refractivity contribution in [1.29, 1.82) is 0 Å². The predicted molar refractivity (Wildman–Crippen MR) is 65.4 cm³/mol. The lowest BCUT2D eigenvalue weighted by Crippen LogP contribution is -2.32. The van der Waals surface area contributed by atoms with Gasteiger partial charge in [0.25, 0.3) is 5.91 Å². The van der Waals surface area contributed by atoms with Crippen LogP contribution in [0.1, 0.15) is 12.1 Å². The number of aryl methyl sites for hydroxylation is 1. The van der Waals surface area contributed by atoms with Gasteiger partial charge in [-0.1, -0.05) is 0 Å². The molecule has 1 aliphatic rings. The summed E-state index contributed by atoms with van der Waals surface area (Å²) in [4.78, 5) is 38.4. The fourth-order valence-corrected chi connectivity index (χ4v) is 1.84. The molecule has 8 heteroatoms. The fourth-order valence-electron chi connectivity index (χ4n) is 1.84. The number of likely N-dealkylation sites (N-methyl/N-ethyl adjacent to an activating group) is 1. The van der Waals surface area contributed by atoms with Gasteiger partial charge in [-0.05, 0) is 13.0 Å². The Morgan fingerprint density at radius 2 is 2.16 bits per heavy atom. The second kappa shape index (κ2) is 4.63. The summed E-state index contributed by atoms with van der Waals surface area (Å²) in [5, 5.41) is 13.6. The standard InChI is InChI=1S/C11H12N4O4/c1-6-3-4-8(15(18)19)10(12-6)13-7-5-9(16)14(2)11(7)17/h3-4,7H,5H2,1-2H3,(H,12,13). The van der Waals surface area contributed by atoms with Gasteiger partial charge in [0, 0.05) is 18.8 Å². The van der Waals surface area contributed by atoms with Crippen LogP contribution in [-0.4, -0.2) is 39.7 Å². The molecule has 1 aromatic rings. The number of nitro groups is 1. The summed E-state index contributed by atoms with van der Waals surface area (Å²) in [6, 6.07) is 2.03. The van der Waals surface area contributed by atoms with Crippen LogP contribution in [0.25, 0.3) is 0 Å². The lowest BCUT2D eigenvalue weighted by molar-refractivity contribution is -0.384. The van der Waals surface area contributed by atoms with Crippen LogP contribution in [0, 0.1) is 17.0 Å². The van der Waals surface area contributed by atoms with Crippen LogP contribution < -0.4 is 5.32 Å². The number of carbonyl (C=O) groups is 2. The fraction of sp³-hybridized carbons (Fsp3) is 0.364. The molecule has 0 aromatic carbocycles. The molecule has 0 bridgehead atoms. The maximum Gasteiger partial charge on any atom is 0.311 e. The predicted octanol–water partition coefficient (Wildman–Crippen LogP) is 0.467. The highest BCUT2D eigenvalue weighted by molar-refractivity contribution is 6.06. The molecule has 1 atom stereocenters. The molecule has 2 amide bonds. The molecule has 1 aliphatic heterocycles. The highest BCUT2D eigenvalue weighted by atomic mass is 16.6. The molecular weight excluding hydrogens is 252 g/mol. The Hall–Kier alpha value is -2.51. The van der Waals surface area contributed by atoms with E-state index in [1.165, 1.54) is 19.2 Å². The third-order valence-electron chi connectivity index (χ3n) is 2.90. The molecule has 8 nitrogen and oxygen atoms in total. The Balaban J connectivity index is 2.29. The number of rotatable bonds is 3. The summed E-state index contributed by atoms with van der Waals surface area (Å²) in [6.07, 6.45) is -0.0257. The zero-order valence-electron chi connectivity index (χ0n) is 10.4. The van der Waals surface area contributed by atoms with Crippen molar-refractivity contribution in [2.75, 3.05) is 12.4 Å². The lowest BCUT2D eigenvalue weighted by atomic mass is 10.2. The van der Waals surface area contributed by atoms with Crippen LogP contribution in [0.5, 0.6) is 0 Å². The molecule has 19 heavy (non-hydrogen) atoms. The summed E-state index contributed by atoms with van der Waals surface area (Å²) >= 11 is 0. The molecule has 0 saturated carbocycles. The van der Waals surface area contributed by atoms with E-state index >= 15 is 0 Å². The van der Waals surface area contributed by atoms with Gasteiger partial charge in [0.05, 0.1) is 11.3 Å². The Morgan fingerprint density at radius 1 is 1.47 bits per heavy atom. The van der Waals surface area contributed by atoms with E-state index in [0.29, 0.717) is 5.69 Å². The maximum atomic E-state index is 11.7. The van der Waals surface area contributed by atoms with E-state index in [1.54, 1.807) is 6.92 Å². The van der Waals surface area contributed by atoms with Crippen molar-refractivity contribution in [3.8, 4) is 0 Å². The molecule has 1 unspecified atom stereocenters. The Kier molecular flexibility index (Phi) is 3.16. The number of imide groups is 1. The Bertz CT molecular complexity index is 572. The van der Waals surface area contributed by atoms with E-state index in [9.17, 15) is 19.7 Å². The molecule has 0 spiro atoms. The van der Waals surface area contributed by atoms with Crippen LogP contribution in [0.4, 0.5) is 11.5 Å². The van der Waals surface area contributed by atoms with Crippen LogP contribution in [-0.2, 0) is 9.59 Å². The zero-order valence-corrected chi connectivity index (χ0v) is 10.4. The third-order valence-corrected chi connectivity index (χ3v) is 2.90. The minimum Gasteiger partial charge on any atom is -0.352 e. The zero-order chi connectivity index (χ0) is 14.2. The average molecular weight is 264 g/mol. The summed E-state index contributed by atoms with van der Waals surface area (Å²) in [6.45, 7) is 1.68. The first-order chi connectivity index (χ1) is 8.90. The van der Waals surface area contributed by atoms with Gasteiger partial charge in [-0.25, -0.2) is 4.98 Å². The van der Waals surface area contributed by atoms with Gasteiger partial charge in [-0.15, -0.1) is 0 Å². The van der Waals surface area contributed by atoms with Crippen LogP contribution in [0.2, 0.25) is 0 Å². The van der Waals surface area contributed by atoms with Gasteiger partial charge in [-0.3, -0.25) is 24.6 Å². The van der Waals surface area contributed by atoms with Gasteiger partial charge in [0.15, 0.2) is 0 Å². The summed E-state index contributed by atoms with van der Waals surface area (Å²) in [5.74, 6) is -0.730. The summed E-state index contributed by atoms with van der Waals surface area (Å²) in [5.41, 5.74) is 0.360. The van der Waals surface area contributed by atoms with Crippen molar-refractivity contribution in [2.45, 2.75) is 19.4 Å². The third kappa shape index (κ3) is 2.37. The quantitative estimate of drug-likeness (QED) is 0.483. The highest BCUT2D eigenvalue weighted by Crippen LogP contribution is 2.25. The van der Waals surface area contributed by atoms with Gasteiger partial charge < -0.3 is 5.32 Å². The normalized spacial score (nSPS) is 18.8. The SMILES string of the molecule is Cc1ccc([N+](=O)[O-])c(NC2CC(=O)N(C)C2=O)n1. The molecule has 1 fully saturated rings. The number of anilines is 1. The smallest absolute Gasteiger partial charge is 0.311 e. The Morgan fingerprint density at radius 3 is 2.68 bits per heavy atom. The second-order valence-corrected chi connectivity index (χ2v) is 4.27. The molecular formula is C11H12N4O4. The van der Waals surface area contributed by atoms with Gasteiger partial charge in [-0.2, -0.15) is 0 Å². The first kappa shape index (κ1) is 12.9. The van der Waals surface area contributed by atoms with Crippen LogP contribution in [0.3, 0.4) is 0 Å². The van der Waals surface area contributed by atoms with Crippen LogP contribution >= 0.6 is 0 Å². The minimum absolute atomic E-state index is 0.00597. The number of likely N-dealkylation sites (tertiary alicyclic amines) is 1.